The number of nitrogens with zero attached hydrogens (tertiary/aromatic N) is 3. The van der Waals surface area contributed by atoms with Crippen LogP contribution in [-0.4, -0.2) is 41.7 Å². The number of hydrogen-bond donors (Lipinski definition) is 2. The number of carbonyl (C=O) groups excluding carboxylic acids is 1. The highest BCUT2D eigenvalue weighted by molar-refractivity contribution is 6.03. The number of nitriles is 1. The lowest BCUT2D eigenvalue weighted by atomic mass is 9.76. The zero-order valence-corrected chi connectivity index (χ0v) is 23.2. The molecule has 5 rings (SSSR count). The summed E-state index contributed by atoms with van der Waals surface area (Å²) in [7, 11) is 0. The third kappa shape index (κ3) is 6.40. The van der Waals surface area contributed by atoms with Crippen molar-refractivity contribution in [2.24, 2.45) is 17.1 Å². The standard InChI is InChI=1S/C31H32F3N5O3/c1-18-10-19(12-20(36)11-18)22-4-7-37-15-27(22)39-30(40)26-3-2-23(32)29(38-26)28-24(33)13-21(14-25(28)34)42-17-31(16-35)5-8-41-9-6-31/h2-4,7,13-15,18-20H,5-6,8-12,17,36H2,1H3,(H,39,40)/t18-,19+,20-/m0/s1. The number of halogens is 3. The first kappa shape index (κ1) is 29.5. The summed E-state index contributed by atoms with van der Waals surface area (Å²) in [5, 5.41) is 12.4. The molecule has 0 unspecified atom stereocenters. The van der Waals surface area contributed by atoms with E-state index in [2.05, 4.69) is 28.3 Å². The zero-order chi connectivity index (χ0) is 29.9. The summed E-state index contributed by atoms with van der Waals surface area (Å²) < 4.78 is 56.1. The molecular weight excluding hydrogens is 547 g/mol. The highest BCUT2D eigenvalue weighted by Crippen LogP contribution is 2.39. The third-order valence-corrected chi connectivity index (χ3v) is 8.06. The number of nitrogens with two attached hydrogens (primary N) is 1. The van der Waals surface area contributed by atoms with Crippen molar-refractivity contribution in [2.45, 2.75) is 51.0 Å². The monoisotopic (exact) mass is 579 g/mol. The van der Waals surface area contributed by atoms with Gasteiger partial charge >= 0.3 is 0 Å². The number of benzene rings is 1. The molecule has 8 nitrogen and oxygen atoms in total. The first-order valence-corrected chi connectivity index (χ1v) is 14.0. The molecule has 11 heteroatoms. The minimum absolute atomic E-state index is 0.0488. The minimum Gasteiger partial charge on any atom is -0.492 e. The fraction of sp³-hybridized carbons (Fsp3) is 0.419. The SMILES string of the molecule is C[C@@H]1C[C@H](N)C[C@H](c2ccncc2NC(=O)c2ccc(F)c(-c3c(F)cc(OCC4(C#N)CCOCC4)cc3F)n2)C1. The van der Waals surface area contributed by atoms with E-state index >= 15 is 8.78 Å². The average Bonchev–Trinajstić information content (AvgIpc) is 2.97. The fourth-order valence-electron chi connectivity index (χ4n) is 5.84. The summed E-state index contributed by atoms with van der Waals surface area (Å²) in [6.45, 7) is 2.85. The molecule has 1 saturated heterocycles. The molecule has 42 heavy (non-hydrogen) atoms. The van der Waals surface area contributed by atoms with E-state index in [1.54, 1.807) is 6.20 Å². The lowest BCUT2D eigenvalue weighted by Gasteiger charge is -2.32. The van der Waals surface area contributed by atoms with Crippen LogP contribution in [0.5, 0.6) is 5.75 Å². The van der Waals surface area contributed by atoms with Crippen LogP contribution in [0.1, 0.15) is 61.0 Å². The van der Waals surface area contributed by atoms with Crippen LogP contribution in [0.3, 0.4) is 0 Å². The maximum atomic E-state index is 15.2. The number of amides is 1. The Morgan fingerprint density at radius 3 is 2.57 bits per heavy atom. The first-order chi connectivity index (χ1) is 20.2. The molecule has 0 radical (unpaired) electrons. The zero-order valence-electron chi connectivity index (χ0n) is 23.2. The van der Waals surface area contributed by atoms with Gasteiger partial charge in [-0.15, -0.1) is 0 Å². The van der Waals surface area contributed by atoms with Gasteiger partial charge in [-0.3, -0.25) is 9.78 Å². The summed E-state index contributed by atoms with van der Waals surface area (Å²) in [6, 6.07) is 8.01. The molecule has 1 aliphatic carbocycles. The molecule has 220 valence electrons. The van der Waals surface area contributed by atoms with Crippen LogP contribution in [0, 0.1) is 40.1 Å². The molecule has 2 fully saturated rings. The van der Waals surface area contributed by atoms with Gasteiger partial charge in [-0.25, -0.2) is 18.2 Å². The highest BCUT2D eigenvalue weighted by atomic mass is 19.1. The quantitative estimate of drug-likeness (QED) is 0.366. The van der Waals surface area contributed by atoms with E-state index in [-0.39, 0.29) is 30.0 Å². The molecule has 2 aromatic heterocycles. The number of anilines is 1. The molecule has 0 bridgehead atoms. The van der Waals surface area contributed by atoms with Crippen LogP contribution in [0.2, 0.25) is 0 Å². The Bertz CT molecular complexity index is 1470. The van der Waals surface area contributed by atoms with Crippen molar-refractivity contribution in [3.63, 3.8) is 0 Å². The molecule has 1 aliphatic heterocycles. The Kier molecular flexibility index (Phi) is 8.75. The predicted molar refractivity (Wildman–Crippen MR) is 149 cm³/mol. The molecule has 2 aliphatic rings. The van der Waals surface area contributed by atoms with Gasteiger partial charge in [-0.05, 0) is 67.7 Å². The highest BCUT2D eigenvalue weighted by Gasteiger charge is 2.34. The molecule has 0 spiro atoms. The van der Waals surface area contributed by atoms with E-state index in [4.69, 9.17) is 15.2 Å². The van der Waals surface area contributed by atoms with Crippen molar-refractivity contribution >= 4 is 11.6 Å². The summed E-state index contributed by atoms with van der Waals surface area (Å²) in [6.07, 6.45) is 6.64. The number of aromatic nitrogens is 2. The summed E-state index contributed by atoms with van der Waals surface area (Å²) in [4.78, 5) is 21.3. The Labute approximate surface area is 242 Å². The van der Waals surface area contributed by atoms with E-state index in [1.807, 2.05) is 6.07 Å². The van der Waals surface area contributed by atoms with Gasteiger partial charge in [0.1, 0.15) is 41.2 Å². The minimum atomic E-state index is -1.12. The van der Waals surface area contributed by atoms with E-state index in [9.17, 15) is 14.4 Å². The maximum Gasteiger partial charge on any atom is 0.274 e. The largest absolute Gasteiger partial charge is 0.492 e. The van der Waals surface area contributed by atoms with Crippen molar-refractivity contribution < 1.29 is 27.4 Å². The van der Waals surface area contributed by atoms with Gasteiger partial charge in [0.05, 0.1) is 28.9 Å². The number of rotatable bonds is 7. The van der Waals surface area contributed by atoms with E-state index in [1.165, 1.54) is 6.20 Å². The number of hydrogen-bond acceptors (Lipinski definition) is 7. The Morgan fingerprint density at radius 2 is 1.88 bits per heavy atom. The fourth-order valence-corrected chi connectivity index (χ4v) is 5.84. The third-order valence-electron chi connectivity index (χ3n) is 8.06. The second-order valence-electron chi connectivity index (χ2n) is 11.3. The number of nitrogens with one attached hydrogen (secondary N) is 1. The molecule has 1 amide bonds. The van der Waals surface area contributed by atoms with Gasteiger partial charge in [-0.2, -0.15) is 5.26 Å². The smallest absolute Gasteiger partial charge is 0.274 e. The summed E-state index contributed by atoms with van der Waals surface area (Å²) >= 11 is 0. The van der Waals surface area contributed by atoms with Crippen LogP contribution >= 0.6 is 0 Å². The van der Waals surface area contributed by atoms with Gasteiger partial charge in [0, 0.05) is 37.6 Å². The van der Waals surface area contributed by atoms with Gasteiger partial charge in [-0.1, -0.05) is 6.92 Å². The van der Waals surface area contributed by atoms with Crippen molar-refractivity contribution in [3.8, 4) is 23.1 Å². The maximum absolute atomic E-state index is 15.2. The van der Waals surface area contributed by atoms with Crippen LogP contribution in [0.4, 0.5) is 18.9 Å². The van der Waals surface area contributed by atoms with Gasteiger partial charge < -0.3 is 20.5 Å². The lowest BCUT2D eigenvalue weighted by molar-refractivity contribution is 0.0190. The normalized spacial score (nSPS) is 21.8. The van der Waals surface area contributed by atoms with Crippen LogP contribution in [0.25, 0.3) is 11.3 Å². The Balaban J connectivity index is 1.36. The molecule has 3 atom stereocenters. The molecular formula is C31H32F3N5O3. The molecule has 3 N–H and O–H groups in total. The second kappa shape index (κ2) is 12.5. The molecule has 3 heterocycles. The lowest BCUT2D eigenvalue weighted by Crippen LogP contribution is -2.33. The van der Waals surface area contributed by atoms with Gasteiger partial charge in [0.25, 0.3) is 5.91 Å². The number of ether oxygens (including phenoxy) is 2. The van der Waals surface area contributed by atoms with Crippen molar-refractivity contribution in [2.75, 3.05) is 25.1 Å². The van der Waals surface area contributed by atoms with Gasteiger partial charge in [0.2, 0.25) is 0 Å². The predicted octanol–water partition coefficient (Wildman–Crippen LogP) is 5.74. The molecule has 1 saturated carbocycles. The van der Waals surface area contributed by atoms with E-state index in [0.29, 0.717) is 37.7 Å². The van der Waals surface area contributed by atoms with Crippen LogP contribution in [-0.2, 0) is 4.74 Å². The van der Waals surface area contributed by atoms with Crippen LogP contribution in [0.15, 0.2) is 42.7 Å². The number of pyridine rings is 2. The Morgan fingerprint density at radius 1 is 1.14 bits per heavy atom. The van der Waals surface area contributed by atoms with E-state index in [0.717, 1.165) is 49.1 Å². The Hall–Kier alpha value is -4.01. The average molecular weight is 580 g/mol. The van der Waals surface area contributed by atoms with Crippen molar-refractivity contribution in [1.29, 1.82) is 5.26 Å². The topological polar surface area (TPSA) is 123 Å². The van der Waals surface area contributed by atoms with Crippen molar-refractivity contribution in [3.05, 3.63) is 71.4 Å². The first-order valence-electron chi connectivity index (χ1n) is 14.0. The van der Waals surface area contributed by atoms with Crippen LogP contribution < -0.4 is 15.8 Å². The summed E-state index contributed by atoms with van der Waals surface area (Å²) in [5.41, 5.74) is 5.16. The molecule has 3 aromatic rings. The van der Waals surface area contributed by atoms with Gasteiger partial charge in [0.15, 0.2) is 0 Å². The second-order valence-corrected chi connectivity index (χ2v) is 11.3. The summed E-state index contributed by atoms with van der Waals surface area (Å²) in [5.74, 6) is -3.53. The van der Waals surface area contributed by atoms with Crippen molar-refractivity contribution in [1.82, 2.24) is 9.97 Å². The number of carbonyl (C=O) groups is 1. The molecule has 1 aromatic carbocycles. The van der Waals surface area contributed by atoms with E-state index < -0.39 is 40.0 Å².